The van der Waals surface area contributed by atoms with Gasteiger partial charge in [0.25, 0.3) is 5.22 Å². The van der Waals surface area contributed by atoms with Gasteiger partial charge in [-0.1, -0.05) is 17.8 Å². The van der Waals surface area contributed by atoms with E-state index in [0.717, 1.165) is 0 Å². The lowest BCUT2D eigenvalue weighted by atomic mass is 10.2. The number of hydrogen-bond acceptors (Lipinski definition) is 7. The minimum atomic E-state index is -3.53. The number of sulfonamides is 1. The summed E-state index contributed by atoms with van der Waals surface area (Å²) in [6.07, 6.45) is 1.83. The van der Waals surface area contributed by atoms with Crippen LogP contribution in [0.2, 0.25) is 0 Å². The molecule has 0 amide bonds. The van der Waals surface area contributed by atoms with Crippen molar-refractivity contribution < 1.29 is 17.6 Å². The lowest BCUT2D eigenvalue weighted by Gasteiger charge is -2.26. The summed E-state index contributed by atoms with van der Waals surface area (Å²) in [4.78, 5) is 0.218. The number of nitrogens with zero attached hydrogens (tertiary/aromatic N) is 3. The molecule has 2 heterocycles. The molecule has 0 unspecified atom stereocenters. The van der Waals surface area contributed by atoms with Crippen molar-refractivity contribution in [3.05, 3.63) is 24.3 Å². The van der Waals surface area contributed by atoms with Gasteiger partial charge >= 0.3 is 0 Å². The summed E-state index contributed by atoms with van der Waals surface area (Å²) in [5.41, 5.74) is 0.585. The van der Waals surface area contributed by atoms with Gasteiger partial charge in [-0.15, -0.1) is 10.2 Å². The highest BCUT2D eigenvalue weighted by Gasteiger charge is 2.26. The van der Waals surface area contributed by atoms with Crippen LogP contribution in [-0.2, 0) is 14.8 Å². The quantitative estimate of drug-likeness (QED) is 0.779. The van der Waals surface area contributed by atoms with E-state index in [1.54, 1.807) is 24.3 Å². The molecule has 7 nitrogen and oxygen atoms in total. The maximum atomic E-state index is 12.6. The second-order valence-electron chi connectivity index (χ2n) is 4.62. The SMILES string of the molecule is CSc1nnc(-c2cccc(S(=O)(=O)N3CCOCC3)c2)o1. The van der Waals surface area contributed by atoms with Crippen molar-refractivity contribution in [2.24, 2.45) is 0 Å². The number of rotatable bonds is 4. The standard InChI is InChI=1S/C13H15N3O4S2/c1-21-13-15-14-12(20-13)10-3-2-4-11(9-10)22(17,18)16-5-7-19-8-6-16/h2-4,9H,5-8H2,1H3. The van der Waals surface area contributed by atoms with E-state index in [9.17, 15) is 8.42 Å². The Kier molecular flexibility index (Phi) is 4.48. The smallest absolute Gasteiger partial charge is 0.276 e. The number of aromatic nitrogens is 2. The third-order valence-electron chi connectivity index (χ3n) is 3.27. The molecule has 0 atom stereocenters. The average molecular weight is 341 g/mol. The molecule has 0 spiro atoms. The summed E-state index contributed by atoms with van der Waals surface area (Å²) < 4.78 is 37.3. The van der Waals surface area contributed by atoms with Crippen molar-refractivity contribution in [1.82, 2.24) is 14.5 Å². The van der Waals surface area contributed by atoms with Crippen LogP contribution in [0, 0.1) is 0 Å². The molecule has 1 aromatic carbocycles. The van der Waals surface area contributed by atoms with E-state index < -0.39 is 10.0 Å². The number of morpholine rings is 1. The fourth-order valence-corrected chi connectivity index (χ4v) is 3.87. The topological polar surface area (TPSA) is 85.5 Å². The van der Waals surface area contributed by atoms with Crippen LogP contribution in [0.3, 0.4) is 0 Å². The summed E-state index contributed by atoms with van der Waals surface area (Å²) in [5, 5.41) is 8.23. The van der Waals surface area contributed by atoms with Gasteiger partial charge in [0.2, 0.25) is 15.9 Å². The van der Waals surface area contributed by atoms with Gasteiger partial charge in [0.15, 0.2) is 0 Å². The molecule has 0 radical (unpaired) electrons. The van der Waals surface area contributed by atoms with Crippen LogP contribution >= 0.6 is 11.8 Å². The van der Waals surface area contributed by atoms with Gasteiger partial charge in [0.05, 0.1) is 18.1 Å². The molecule has 22 heavy (non-hydrogen) atoms. The van der Waals surface area contributed by atoms with Gasteiger partial charge < -0.3 is 9.15 Å². The second-order valence-corrected chi connectivity index (χ2v) is 7.32. The molecule has 0 N–H and O–H groups in total. The van der Waals surface area contributed by atoms with Crippen molar-refractivity contribution in [2.75, 3.05) is 32.6 Å². The minimum Gasteiger partial charge on any atom is -0.411 e. The molecule has 2 aromatic rings. The first-order valence-electron chi connectivity index (χ1n) is 6.67. The summed E-state index contributed by atoms with van der Waals surface area (Å²) >= 11 is 1.34. The van der Waals surface area contributed by atoms with E-state index in [2.05, 4.69) is 10.2 Å². The first kappa shape index (κ1) is 15.5. The number of thioether (sulfide) groups is 1. The average Bonchev–Trinajstić information content (AvgIpc) is 3.05. The van der Waals surface area contributed by atoms with Crippen LogP contribution in [0.1, 0.15) is 0 Å². The Bertz CT molecular complexity index is 754. The molecule has 0 bridgehead atoms. The molecule has 0 aliphatic carbocycles. The van der Waals surface area contributed by atoms with E-state index in [4.69, 9.17) is 9.15 Å². The highest BCUT2D eigenvalue weighted by atomic mass is 32.2. The van der Waals surface area contributed by atoms with E-state index in [0.29, 0.717) is 43.0 Å². The van der Waals surface area contributed by atoms with Crippen molar-refractivity contribution >= 4 is 21.8 Å². The third kappa shape index (κ3) is 3.02. The molecule has 3 rings (SSSR count). The maximum absolute atomic E-state index is 12.6. The molecular weight excluding hydrogens is 326 g/mol. The number of hydrogen-bond donors (Lipinski definition) is 0. The van der Waals surface area contributed by atoms with E-state index in [-0.39, 0.29) is 4.90 Å². The second kappa shape index (κ2) is 6.37. The molecule has 1 aliphatic rings. The molecular formula is C13H15N3O4S2. The van der Waals surface area contributed by atoms with Crippen molar-refractivity contribution in [1.29, 1.82) is 0 Å². The van der Waals surface area contributed by atoms with Gasteiger partial charge in [-0.25, -0.2) is 8.42 Å². The monoisotopic (exact) mass is 341 g/mol. The predicted molar refractivity (Wildman–Crippen MR) is 81.1 cm³/mol. The predicted octanol–water partition coefficient (Wildman–Crippen LogP) is 1.48. The van der Waals surface area contributed by atoms with Crippen LogP contribution < -0.4 is 0 Å². The summed E-state index contributed by atoms with van der Waals surface area (Å²) in [6.45, 7) is 1.56. The fraction of sp³-hybridized carbons (Fsp3) is 0.385. The van der Waals surface area contributed by atoms with E-state index in [1.165, 1.54) is 16.1 Å². The highest BCUT2D eigenvalue weighted by molar-refractivity contribution is 7.98. The maximum Gasteiger partial charge on any atom is 0.276 e. The van der Waals surface area contributed by atoms with E-state index in [1.807, 2.05) is 6.26 Å². The van der Waals surface area contributed by atoms with Crippen LogP contribution in [0.5, 0.6) is 0 Å². The Morgan fingerprint density at radius 2 is 2.00 bits per heavy atom. The van der Waals surface area contributed by atoms with Crippen LogP contribution in [-0.4, -0.2) is 55.5 Å². The van der Waals surface area contributed by atoms with Crippen molar-refractivity contribution in [2.45, 2.75) is 10.1 Å². The third-order valence-corrected chi connectivity index (χ3v) is 5.68. The van der Waals surface area contributed by atoms with Gasteiger partial charge in [-0.05, 0) is 24.5 Å². The van der Waals surface area contributed by atoms with Gasteiger partial charge in [0.1, 0.15) is 0 Å². The Labute approximate surface area is 132 Å². The Hall–Kier alpha value is -1.42. The van der Waals surface area contributed by atoms with E-state index >= 15 is 0 Å². The molecule has 0 saturated carbocycles. The molecule has 1 fully saturated rings. The van der Waals surface area contributed by atoms with Gasteiger partial charge in [0, 0.05) is 18.7 Å². The summed E-state index contributed by atoms with van der Waals surface area (Å²) in [5.74, 6) is 0.309. The van der Waals surface area contributed by atoms with Gasteiger partial charge in [-0.2, -0.15) is 4.31 Å². The fourth-order valence-electron chi connectivity index (χ4n) is 2.13. The zero-order valence-electron chi connectivity index (χ0n) is 11.9. The summed E-state index contributed by atoms with van der Waals surface area (Å²) in [7, 11) is -3.53. The lowest BCUT2D eigenvalue weighted by Crippen LogP contribution is -2.40. The first-order chi connectivity index (χ1) is 10.6. The Morgan fingerprint density at radius 1 is 1.23 bits per heavy atom. The van der Waals surface area contributed by atoms with Crippen molar-refractivity contribution in [3.63, 3.8) is 0 Å². The summed E-state index contributed by atoms with van der Waals surface area (Å²) in [6, 6.07) is 6.55. The zero-order chi connectivity index (χ0) is 15.6. The molecule has 118 valence electrons. The molecule has 1 saturated heterocycles. The highest BCUT2D eigenvalue weighted by Crippen LogP contribution is 2.25. The normalized spacial score (nSPS) is 16.8. The largest absolute Gasteiger partial charge is 0.411 e. The Balaban J connectivity index is 1.93. The first-order valence-corrected chi connectivity index (χ1v) is 9.33. The molecule has 1 aliphatic heterocycles. The molecule has 9 heteroatoms. The number of benzene rings is 1. The van der Waals surface area contributed by atoms with Crippen LogP contribution in [0.15, 0.2) is 38.8 Å². The van der Waals surface area contributed by atoms with Crippen molar-refractivity contribution in [3.8, 4) is 11.5 Å². The zero-order valence-corrected chi connectivity index (χ0v) is 13.6. The Morgan fingerprint density at radius 3 is 2.68 bits per heavy atom. The molecule has 1 aromatic heterocycles. The van der Waals surface area contributed by atoms with Crippen LogP contribution in [0.4, 0.5) is 0 Å². The van der Waals surface area contributed by atoms with Gasteiger partial charge in [-0.3, -0.25) is 0 Å². The number of ether oxygens (including phenoxy) is 1. The lowest BCUT2D eigenvalue weighted by molar-refractivity contribution is 0.0730. The minimum absolute atomic E-state index is 0.218. The van der Waals surface area contributed by atoms with Crippen LogP contribution in [0.25, 0.3) is 11.5 Å².